The summed E-state index contributed by atoms with van der Waals surface area (Å²) < 4.78 is 0. The minimum absolute atomic E-state index is 0.512. The van der Waals surface area contributed by atoms with Crippen LogP contribution in [0, 0.1) is 11.8 Å². The summed E-state index contributed by atoms with van der Waals surface area (Å²) in [7, 11) is 1.88. The number of nitrogens with one attached hydrogen (secondary N) is 2. The van der Waals surface area contributed by atoms with Crippen molar-refractivity contribution in [2.75, 3.05) is 33.2 Å². The van der Waals surface area contributed by atoms with E-state index in [2.05, 4.69) is 77.4 Å². The molecule has 0 radical (unpaired) electrons. The van der Waals surface area contributed by atoms with Gasteiger partial charge in [0.2, 0.25) is 0 Å². The molecule has 0 aromatic heterocycles. The predicted molar refractivity (Wildman–Crippen MR) is 128 cm³/mol. The molecule has 0 aliphatic carbocycles. The zero-order chi connectivity index (χ0) is 21.5. The molecule has 1 aromatic rings. The maximum Gasteiger partial charge on any atom is 0.191 e. The first kappa shape index (κ1) is 23.1. The van der Waals surface area contributed by atoms with Crippen LogP contribution >= 0.6 is 0 Å². The highest BCUT2D eigenvalue weighted by atomic mass is 15.2. The summed E-state index contributed by atoms with van der Waals surface area (Å²) >= 11 is 0. The second kappa shape index (κ2) is 11.1. The van der Waals surface area contributed by atoms with Crippen LogP contribution in [-0.2, 0) is 13.1 Å². The summed E-state index contributed by atoms with van der Waals surface area (Å²) in [6.45, 7) is 16.0. The summed E-state index contributed by atoms with van der Waals surface area (Å²) in [4.78, 5) is 9.68. The third-order valence-electron chi connectivity index (χ3n) is 6.73. The number of benzene rings is 1. The molecule has 3 rings (SSSR count). The van der Waals surface area contributed by atoms with Crippen LogP contribution in [0.2, 0.25) is 0 Å². The van der Waals surface area contributed by atoms with Crippen LogP contribution in [0.5, 0.6) is 0 Å². The number of rotatable bonds is 6. The SMILES string of the molecule is CN=C(NCc1ccccc1CN1CC(C)CC(C)C1)NC1CCN(C(C)C)CC1. The maximum absolute atomic E-state index is 4.49. The molecule has 2 heterocycles. The van der Waals surface area contributed by atoms with Gasteiger partial charge < -0.3 is 15.5 Å². The summed E-state index contributed by atoms with van der Waals surface area (Å²) in [5.74, 6) is 2.52. The lowest BCUT2D eigenvalue weighted by Gasteiger charge is -2.35. The monoisotopic (exact) mass is 413 g/mol. The van der Waals surface area contributed by atoms with E-state index in [1.807, 2.05) is 7.05 Å². The average molecular weight is 414 g/mol. The summed E-state index contributed by atoms with van der Waals surface area (Å²) in [6, 6.07) is 10.0. The van der Waals surface area contributed by atoms with Crippen molar-refractivity contribution in [2.24, 2.45) is 16.8 Å². The second-order valence-corrected chi connectivity index (χ2v) is 9.88. The number of likely N-dealkylation sites (tertiary alicyclic amines) is 2. The fourth-order valence-electron chi connectivity index (χ4n) is 5.17. The van der Waals surface area contributed by atoms with E-state index >= 15 is 0 Å². The van der Waals surface area contributed by atoms with Crippen LogP contribution in [-0.4, -0.2) is 61.1 Å². The van der Waals surface area contributed by atoms with Gasteiger partial charge in [-0.25, -0.2) is 0 Å². The smallest absolute Gasteiger partial charge is 0.191 e. The van der Waals surface area contributed by atoms with Gasteiger partial charge in [0, 0.05) is 58.4 Å². The van der Waals surface area contributed by atoms with E-state index in [4.69, 9.17) is 0 Å². The highest BCUT2D eigenvalue weighted by molar-refractivity contribution is 5.80. The normalized spacial score (nSPS) is 24.9. The van der Waals surface area contributed by atoms with Gasteiger partial charge in [-0.2, -0.15) is 0 Å². The zero-order valence-electron chi connectivity index (χ0n) is 19.8. The van der Waals surface area contributed by atoms with Crippen molar-refractivity contribution in [3.8, 4) is 0 Å². The Kier molecular flexibility index (Phi) is 8.58. The van der Waals surface area contributed by atoms with E-state index in [0.717, 1.165) is 30.9 Å². The van der Waals surface area contributed by atoms with Crippen molar-refractivity contribution in [2.45, 2.75) is 72.1 Å². The molecule has 0 spiro atoms. The molecule has 5 heteroatoms. The molecule has 2 aliphatic rings. The Morgan fingerprint density at radius 3 is 2.30 bits per heavy atom. The van der Waals surface area contributed by atoms with Gasteiger partial charge in [0.25, 0.3) is 0 Å². The van der Waals surface area contributed by atoms with Crippen LogP contribution < -0.4 is 10.6 Å². The van der Waals surface area contributed by atoms with Crippen LogP contribution in [0.4, 0.5) is 0 Å². The van der Waals surface area contributed by atoms with E-state index in [-0.39, 0.29) is 0 Å². The van der Waals surface area contributed by atoms with Crippen LogP contribution in [0.25, 0.3) is 0 Å². The van der Waals surface area contributed by atoms with Crippen molar-refractivity contribution in [3.05, 3.63) is 35.4 Å². The molecule has 0 amide bonds. The molecule has 0 bridgehead atoms. The van der Waals surface area contributed by atoms with Gasteiger partial charge in [-0.15, -0.1) is 0 Å². The number of nitrogens with zero attached hydrogens (tertiary/aromatic N) is 3. The molecule has 2 aliphatic heterocycles. The fourth-order valence-corrected chi connectivity index (χ4v) is 5.17. The van der Waals surface area contributed by atoms with Crippen molar-refractivity contribution in [3.63, 3.8) is 0 Å². The third-order valence-corrected chi connectivity index (χ3v) is 6.73. The van der Waals surface area contributed by atoms with Crippen molar-refractivity contribution >= 4 is 5.96 Å². The molecule has 2 atom stereocenters. The highest BCUT2D eigenvalue weighted by Gasteiger charge is 2.23. The van der Waals surface area contributed by atoms with Crippen LogP contribution in [0.1, 0.15) is 58.1 Å². The minimum Gasteiger partial charge on any atom is -0.354 e. The molecular formula is C25H43N5. The first-order valence-electron chi connectivity index (χ1n) is 11.9. The van der Waals surface area contributed by atoms with E-state index in [1.165, 1.54) is 56.6 Å². The Labute approximate surface area is 184 Å². The minimum atomic E-state index is 0.512. The van der Waals surface area contributed by atoms with E-state index in [9.17, 15) is 0 Å². The Morgan fingerprint density at radius 2 is 1.70 bits per heavy atom. The first-order chi connectivity index (χ1) is 14.4. The van der Waals surface area contributed by atoms with Gasteiger partial charge in [-0.05, 0) is 56.1 Å². The van der Waals surface area contributed by atoms with Crippen LogP contribution in [0.3, 0.4) is 0 Å². The van der Waals surface area contributed by atoms with Crippen molar-refractivity contribution in [1.82, 2.24) is 20.4 Å². The molecular weight excluding hydrogens is 370 g/mol. The number of guanidine groups is 1. The predicted octanol–water partition coefficient (Wildman–Crippen LogP) is 3.70. The standard InChI is InChI=1S/C25H43N5/c1-19(2)30-12-10-24(11-13-30)28-25(26-5)27-15-22-8-6-7-9-23(22)18-29-16-20(3)14-21(4)17-29/h6-9,19-21,24H,10-18H2,1-5H3,(H2,26,27,28). The summed E-state index contributed by atoms with van der Waals surface area (Å²) in [5.41, 5.74) is 2.81. The molecule has 5 nitrogen and oxygen atoms in total. The number of hydrogen-bond donors (Lipinski definition) is 2. The topological polar surface area (TPSA) is 42.9 Å². The second-order valence-electron chi connectivity index (χ2n) is 9.88. The Balaban J connectivity index is 1.52. The largest absolute Gasteiger partial charge is 0.354 e. The van der Waals surface area contributed by atoms with Gasteiger partial charge >= 0.3 is 0 Å². The van der Waals surface area contributed by atoms with Crippen molar-refractivity contribution in [1.29, 1.82) is 0 Å². The Hall–Kier alpha value is -1.59. The van der Waals surface area contributed by atoms with Crippen molar-refractivity contribution < 1.29 is 0 Å². The fraction of sp³-hybridized carbons (Fsp3) is 0.720. The Morgan fingerprint density at radius 1 is 1.07 bits per heavy atom. The van der Waals surface area contributed by atoms with E-state index in [1.54, 1.807) is 0 Å². The molecule has 2 unspecified atom stereocenters. The first-order valence-corrected chi connectivity index (χ1v) is 11.9. The zero-order valence-corrected chi connectivity index (χ0v) is 19.8. The number of aliphatic imine (C=N–C) groups is 1. The van der Waals surface area contributed by atoms with Gasteiger partial charge in [-0.1, -0.05) is 38.1 Å². The van der Waals surface area contributed by atoms with Gasteiger partial charge in [0.05, 0.1) is 0 Å². The lowest BCUT2D eigenvalue weighted by atomic mass is 9.91. The molecule has 0 saturated carbocycles. The lowest BCUT2D eigenvalue weighted by molar-refractivity contribution is 0.134. The summed E-state index contributed by atoms with van der Waals surface area (Å²) in [6.07, 6.45) is 3.72. The molecule has 2 fully saturated rings. The van der Waals surface area contributed by atoms with E-state index in [0.29, 0.717) is 12.1 Å². The quantitative estimate of drug-likeness (QED) is 0.551. The Bertz CT molecular complexity index is 668. The number of hydrogen-bond acceptors (Lipinski definition) is 3. The molecule has 2 N–H and O–H groups in total. The molecule has 2 saturated heterocycles. The number of piperidine rings is 2. The average Bonchev–Trinajstić information content (AvgIpc) is 2.71. The molecule has 30 heavy (non-hydrogen) atoms. The van der Waals surface area contributed by atoms with E-state index < -0.39 is 0 Å². The highest BCUT2D eigenvalue weighted by Crippen LogP contribution is 2.23. The van der Waals surface area contributed by atoms with Gasteiger partial charge in [0.1, 0.15) is 0 Å². The van der Waals surface area contributed by atoms with Crippen LogP contribution in [0.15, 0.2) is 29.3 Å². The molecule has 1 aromatic carbocycles. The third kappa shape index (κ3) is 6.71. The summed E-state index contributed by atoms with van der Waals surface area (Å²) in [5, 5.41) is 7.22. The lowest BCUT2D eigenvalue weighted by Crippen LogP contribution is -2.49. The molecule has 168 valence electrons. The maximum atomic E-state index is 4.49. The van der Waals surface area contributed by atoms with Gasteiger partial charge in [-0.3, -0.25) is 9.89 Å². The van der Waals surface area contributed by atoms with Gasteiger partial charge in [0.15, 0.2) is 5.96 Å².